The summed E-state index contributed by atoms with van der Waals surface area (Å²) in [6, 6.07) is 2.06. The van der Waals surface area contributed by atoms with Crippen LogP contribution in [0.1, 0.15) is 11.8 Å². The van der Waals surface area contributed by atoms with Gasteiger partial charge in [0.25, 0.3) is 0 Å². The molecule has 0 amide bonds. The van der Waals surface area contributed by atoms with Crippen LogP contribution in [0.2, 0.25) is 0 Å². The first-order valence-corrected chi connectivity index (χ1v) is 6.33. The molecule has 0 aliphatic carbocycles. The molecule has 17 heavy (non-hydrogen) atoms. The van der Waals surface area contributed by atoms with Gasteiger partial charge in [-0.3, -0.25) is 0 Å². The lowest BCUT2D eigenvalue weighted by molar-refractivity contribution is 0.414. The first-order chi connectivity index (χ1) is 8.27. The molecule has 0 aliphatic rings. The van der Waals surface area contributed by atoms with Crippen LogP contribution in [0.15, 0.2) is 17.8 Å². The molecule has 2 aromatic rings. The lowest BCUT2D eigenvalue weighted by Gasteiger charge is -2.11. The van der Waals surface area contributed by atoms with E-state index in [0.29, 0.717) is 5.75 Å². The van der Waals surface area contributed by atoms with Gasteiger partial charge in [-0.15, -0.1) is 11.3 Å². The molecule has 0 spiro atoms. The Hall–Kier alpha value is -1.62. The summed E-state index contributed by atoms with van der Waals surface area (Å²) in [5, 5.41) is 5.23. The second-order valence-electron chi connectivity index (χ2n) is 3.52. The highest BCUT2D eigenvalue weighted by molar-refractivity contribution is 7.10. The average molecular weight is 249 g/mol. The molecular weight excluding hydrogens is 234 g/mol. The molecule has 0 unspecified atom stereocenters. The highest BCUT2D eigenvalue weighted by atomic mass is 32.1. The minimum Gasteiger partial charge on any atom is -0.491 e. The predicted molar refractivity (Wildman–Crippen MR) is 70.8 cm³/mol. The van der Waals surface area contributed by atoms with E-state index in [0.717, 1.165) is 23.6 Å². The van der Waals surface area contributed by atoms with Crippen LogP contribution in [0.5, 0.6) is 5.75 Å². The standard InChI is InChI=1S/C12H15N3OS/c1-4-13-12-11(16-3)10(14-7-15-12)9-5-6-17-8(9)2/h5-7H,4H2,1-3H3,(H,13,14,15). The van der Waals surface area contributed by atoms with Crippen LogP contribution in [-0.2, 0) is 0 Å². The molecule has 5 heteroatoms. The molecule has 0 aliphatic heterocycles. The largest absolute Gasteiger partial charge is 0.491 e. The van der Waals surface area contributed by atoms with E-state index in [1.54, 1.807) is 24.8 Å². The molecule has 4 nitrogen and oxygen atoms in total. The van der Waals surface area contributed by atoms with Crippen molar-refractivity contribution < 1.29 is 4.74 Å². The third-order valence-electron chi connectivity index (χ3n) is 2.47. The van der Waals surface area contributed by atoms with Crippen molar-refractivity contribution in [3.63, 3.8) is 0 Å². The van der Waals surface area contributed by atoms with Gasteiger partial charge in [0.15, 0.2) is 11.6 Å². The van der Waals surface area contributed by atoms with Gasteiger partial charge in [0.2, 0.25) is 0 Å². The Balaban J connectivity index is 2.54. The number of methoxy groups -OCH3 is 1. The Morgan fingerprint density at radius 3 is 2.82 bits per heavy atom. The molecule has 2 rings (SSSR count). The Bertz CT molecular complexity index is 510. The van der Waals surface area contributed by atoms with Gasteiger partial charge < -0.3 is 10.1 Å². The van der Waals surface area contributed by atoms with Crippen LogP contribution in [0.25, 0.3) is 11.3 Å². The van der Waals surface area contributed by atoms with Gasteiger partial charge >= 0.3 is 0 Å². The van der Waals surface area contributed by atoms with E-state index in [1.165, 1.54) is 4.88 Å². The zero-order chi connectivity index (χ0) is 12.3. The lowest BCUT2D eigenvalue weighted by Crippen LogP contribution is -2.04. The molecule has 90 valence electrons. The van der Waals surface area contributed by atoms with Crippen molar-refractivity contribution in [1.82, 2.24) is 9.97 Å². The molecule has 0 atom stereocenters. The van der Waals surface area contributed by atoms with E-state index in [1.807, 2.05) is 6.92 Å². The van der Waals surface area contributed by atoms with Gasteiger partial charge in [0, 0.05) is 17.0 Å². The van der Waals surface area contributed by atoms with E-state index < -0.39 is 0 Å². The molecule has 0 saturated heterocycles. The topological polar surface area (TPSA) is 47.0 Å². The van der Waals surface area contributed by atoms with Crippen molar-refractivity contribution >= 4 is 17.2 Å². The summed E-state index contributed by atoms with van der Waals surface area (Å²) in [5.74, 6) is 1.45. The van der Waals surface area contributed by atoms with E-state index in [-0.39, 0.29) is 0 Å². The summed E-state index contributed by atoms with van der Waals surface area (Å²) < 4.78 is 5.42. The van der Waals surface area contributed by atoms with Gasteiger partial charge in [0.1, 0.15) is 12.0 Å². The fraction of sp³-hybridized carbons (Fsp3) is 0.333. The predicted octanol–water partition coefficient (Wildman–Crippen LogP) is 2.95. The van der Waals surface area contributed by atoms with Gasteiger partial charge in [-0.1, -0.05) is 0 Å². The fourth-order valence-corrected chi connectivity index (χ4v) is 2.38. The number of nitrogens with zero attached hydrogens (tertiary/aromatic N) is 2. The number of aromatic nitrogens is 2. The van der Waals surface area contributed by atoms with E-state index in [9.17, 15) is 0 Å². The van der Waals surface area contributed by atoms with Gasteiger partial charge in [-0.05, 0) is 25.3 Å². The monoisotopic (exact) mass is 249 g/mol. The number of nitrogens with one attached hydrogen (secondary N) is 1. The van der Waals surface area contributed by atoms with E-state index >= 15 is 0 Å². The smallest absolute Gasteiger partial charge is 0.187 e. The second-order valence-corrected chi connectivity index (χ2v) is 4.65. The van der Waals surface area contributed by atoms with Crippen molar-refractivity contribution in [2.75, 3.05) is 19.0 Å². The maximum absolute atomic E-state index is 5.42. The van der Waals surface area contributed by atoms with Gasteiger partial charge in [-0.25, -0.2) is 9.97 Å². The van der Waals surface area contributed by atoms with Crippen LogP contribution >= 0.6 is 11.3 Å². The van der Waals surface area contributed by atoms with Gasteiger partial charge in [0.05, 0.1) is 7.11 Å². The van der Waals surface area contributed by atoms with Crippen LogP contribution in [0.4, 0.5) is 5.82 Å². The summed E-state index contributed by atoms with van der Waals surface area (Å²) >= 11 is 1.70. The number of ether oxygens (including phenoxy) is 1. The Morgan fingerprint density at radius 2 is 2.24 bits per heavy atom. The number of rotatable bonds is 4. The average Bonchev–Trinajstić information content (AvgIpc) is 2.75. The fourth-order valence-electron chi connectivity index (χ4n) is 1.68. The SMILES string of the molecule is CCNc1ncnc(-c2ccsc2C)c1OC. The Kier molecular flexibility index (Phi) is 3.58. The normalized spacial score (nSPS) is 10.3. The van der Waals surface area contributed by atoms with Crippen molar-refractivity contribution in [1.29, 1.82) is 0 Å². The number of thiophene rings is 1. The van der Waals surface area contributed by atoms with Crippen molar-refractivity contribution in [3.05, 3.63) is 22.7 Å². The van der Waals surface area contributed by atoms with Crippen LogP contribution in [0.3, 0.4) is 0 Å². The van der Waals surface area contributed by atoms with E-state index in [2.05, 4.69) is 33.7 Å². The summed E-state index contributed by atoms with van der Waals surface area (Å²) in [4.78, 5) is 9.75. The maximum Gasteiger partial charge on any atom is 0.187 e. The number of hydrogen-bond donors (Lipinski definition) is 1. The zero-order valence-corrected chi connectivity index (χ0v) is 11.0. The van der Waals surface area contributed by atoms with E-state index in [4.69, 9.17) is 4.74 Å². The maximum atomic E-state index is 5.42. The highest BCUT2D eigenvalue weighted by Crippen LogP contribution is 2.36. The summed E-state index contributed by atoms with van der Waals surface area (Å²) in [6.07, 6.45) is 1.56. The number of anilines is 1. The third kappa shape index (κ3) is 2.24. The Labute approximate surface area is 105 Å². The molecule has 2 aromatic heterocycles. The number of aryl methyl sites for hydroxylation is 1. The minimum atomic E-state index is 0.704. The van der Waals surface area contributed by atoms with Gasteiger partial charge in [-0.2, -0.15) is 0 Å². The first-order valence-electron chi connectivity index (χ1n) is 5.45. The summed E-state index contributed by atoms with van der Waals surface area (Å²) in [6.45, 7) is 4.90. The quantitative estimate of drug-likeness (QED) is 0.905. The first kappa shape index (κ1) is 11.9. The summed E-state index contributed by atoms with van der Waals surface area (Å²) in [5.41, 5.74) is 1.95. The van der Waals surface area contributed by atoms with Crippen LogP contribution in [-0.4, -0.2) is 23.6 Å². The molecular formula is C12H15N3OS. The Morgan fingerprint density at radius 1 is 1.41 bits per heavy atom. The molecule has 0 aromatic carbocycles. The van der Waals surface area contributed by atoms with Crippen LogP contribution in [0, 0.1) is 6.92 Å². The van der Waals surface area contributed by atoms with Crippen molar-refractivity contribution in [2.45, 2.75) is 13.8 Å². The van der Waals surface area contributed by atoms with Crippen molar-refractivity contribution in [2.24, 2.45) is 0 Å². The highest BCUT2D eigenvalue weighted by Gasteiger charge is 2.15. The van der Waals surface area contributed by atoms with Crippen molar-refractivity contribution in [3.8, 4) is 17.0 Å². The molecule has 0 bridgehead atoms. The molecule has 0 radical (unpaired) electrons. The third-order valence-corrected chi connectivity index (χ3v) is 3.31. The second kappa shape index (κ2) is 5.14. The molecule has 0 fully saturated rings. The molecule has 2 heterocycles. The number of hydrogen-bond acceptors (Lipinski definition) is 5. The lowest BCUT2D eigenvalue weighted by atomic mass is 10.1. The summed E-state index contributed by atoms with van der Waals surface area (Å²) in [7, 11) is 1.64. The molecule has 1 N–H and O–H groups in total. The minimum absolute atomic E-state index is 0.704. The zero-order valence-electron chi connectivity index (χ0n) is 10.2. The van der Waals surface area contributed by atoms with Crippen LogP contribution < -0.4 is 10.1 Å². The molecule has 0 saturated carbocycles.